The molecule has 2 fully saturated rings. The van der Waals surface area contributed by atoms with Crippen molar-refractivity contribution in [2.75, 3.05) is 38.5 Å². The molecule has 7 heteroatoms. The number of aromatic nitrogens is 2. The largest absolute Gasteiger partial charge is 0.303 e. The monoisotopic (exact) mass is 418 g/mol. The number of hydrogen-bond acceptors (Lipinski definition) is 5. The van der Waals surface area contributed by atoms with Crippen LogP contribution >= 0.6 is 11.8 Å². The molecular weight excluding hydrogens is 390 g/mol. The van der Waals surface area contributed by atoms with E-state index in [0.717, 1.165) is 49.1 Å². The minimum absolute atomic E-state index is 0.161. The van der Waals surface area contributed by atoms with Crippen LogP contribution in [0, 0.1) is 11.6 Å². The number of hydrogen-bond donors (Lipinski definition) is 0. The number of nitrogens with zero attached hydrogens (tertiary/aromatic N) is 4. The summed E-state index contributed by atoms with van der Waals surface area (Å²) in [6, 6.07) is 6.06. The molecule has 1 aromatic carbocycles. The van der Waals surface area contributed by atoms with Gasteiger partial charge in [0.2, 0.25) is 0 Å². The standard InChI is InChI=1S/C22H28F2N4S/c23-19-6-3-7-20(24)18(19)16-28-12-4-5-17(15-28)21-8-9-25-22(26-21)29-14-13-27-10-1-2-11-27/h3,6-9,17H,1-2,4-5,10-16H2/t17-/m0/s1. The fourth-order valence-corrected chi connectivity index (χ4v) is 5.11. The summed E-state index contributed by atoms with van der Waals surface area (Å²) in [7, 11) is 0. The molecule has 0 unspecified atom stereocenters. The molecule has 0 radical (unpaired) electrons. The van der Waals surface area contributed by atoms with Gasteiger partial charge in [0.25, 0.3) is 0 Å². The topological polar surface area (TPSA) is 32.3 Å². The third-order valence-corrected chi connectivity index (χ3v) is 6.70. The van der Waals surface area contributed by atoms with Crippen LogP contribution in [0.5, 0.6) is 0 Å². The summed E-state index contributed by atoms with van der Waals surface area (Å²) in [6.07, 6.45) is 6.51. The van der Waals surface area contributed by atoms with E-state index in [4.69, 9.17) is 4.98 Å². The summed E-state index contributed by atoms with van der Waals surface area (Å²) in [5.74, 6) is 0.350. The Balaban J connectivity index is 1.35. The van der Waals surface area contributed by atoms with E-state index < -0.39 is 11.6 Å². The van der Waals surface area contributed by atoms with Gasteiger partial charge >= 0.3 is 0 Å². The lowest BCUT2D eigenvalue weighted by atomic mass is 9.94. The van der Waals surface area contributed by atoms with E-state index >= 15 is 0 Å². The van der Waals surface area contributed by atoms with Gasteiger partial charge in [0.15, 0.2) is 5.16 Å². The third kappa shape index (κ3) is 5.53. The van der Waals surface area contributed by atoms with Gasteiger partial charge in [0, 0.05) is 48.8 Å². The highest BCUT2D eigenvalue weighted by Gasteiger charge is 2.24. The van der Waals surface area contributed by atoms with Gasteiger partial charge in [0.05, 0.1) is 0 Å². The third-order valence-electron chi connectivity index (χ3n) is 5.86. The average Bonchev–Trinajstić information content (AvgIpc) is 3.25. The Morgan fingerprint density at radius 2 is 1.76 bits per heavy atom. The zero-order chi connectivity index (χ0) is 20.1. The summed E-state index contributed by atoms with van der Waals surface area (Å²) in [4.78, 5) is 13.9. The molecule has 4 rings (SSSR count). The van der Waals surface area contributed by atoms with Crippen LogP contribution in [0.25, 0.3) is 0 Å². The van der Waals surface area contributed by atoms with Crippen LogP contribution < -0.4 is 0 Å². The van der Waals surface area contributed by atoms with Crippen LogP contribution in [0.2, 0.25) is 0 Å². The van der Waals surface area contributed by atoms with Crippen LogP contribution in [0.4, 0.5) is 8.78 Å². The normalized spacial score (nSPS) is 21.0. The molecule has 0 aliphatic carbocycles. The zero-order valence-electron chi connectivity index (χ0n) is 16.7. The quantitative estimate of drug-likeness (QED) is 0.494. The summed E-state index contributed by atoms with van der Waals surface area (Å²) in [5.41, 5.74) is 1.20. The average molecular weight is 419 g/mol. The Bertz CT molecular complexity index is 793. The van der Waals surface area contributed by atoms with Gasteiger partial charge in [0.1, 0.15) is 11.6 Å². The van der Waals surface area contributed by atoms with Crippen molar-refractivity contribution in [3.8, 4) is 0 Å². The fourth-order valence-electron chi connectivity index (χ4n) is 4.27. The van der Waals surface area contributed by atoms with Gasteiger partial charge in [-0.25, -0.2) is 18.7 Å². The van der Waals surface area contributed by atoms with E-state index in [0.29, 0.717) is 6.54 Å². The molecule has 29 heavy (non-hydrogen) atoms. The first-order valence-corrected chi connectivity index (χ1v) is 11.5. The highest BCUT2D eigenvalue weighted by Crippen LogP contribution is 2.28. The molecule has 1 atom stereocenters. The van der Waals surface area contributed by atoms with Crippen LogP contribution in [-0.2, 0) is 6.54 Å². The predicted octanol–water partition coefficient (Wildman–Crippen LogP) is 4.32. The van der Waals surface area contributed by atoms with Crippen molar-refractivity contribution >= 4 is 11.8 Å². The van der Waals surface area contributed by atoms with E-state index in [1.165, 1.54) is 44.1 Å². The van der Waals surface area contributed by atoms with Gasteiger partial charge < -0.3 is 4.90 Å². The van der Waals surface area contributed by atoms with Crippen molar-refractivity contribution in [2.45, 2.75) is 43.3 Å². The van der Waals surface area contributed by atoms with Crippen LogP contribution in [0.15, 0.2) is 35.6 Å². The van der Waals surface area contributed by atoms with Crippen molar-refractivity contribution in [3.05, 3.63) is 53.4 Å². The van der Waals surface area contributed by atoms with Gasteiger partial charge in [-0.1, -0.05) is 17.8 Å². The number of halogens is 2. The van der Waals surface area contributed by atoms with E-state index in [1.807, 2.05) is 12.3 Å². The first-order valence-electron chi connectivity index (χ1n) is 10.5. The number of rotatable bonds is 7. The van der Waals surface area contributed by atoms with E-state index in [1.54, 1.807) is 11.8 Å². The highest BCUT2D eigenvalue weighted by molar-refractivity contribution is 7.99. The van der Waals surface area contributed by atoms with E-state index in [9.17, 15) is 8.78 Å². The summed E-state index contributed by atoms with van der Waals surface area (Å²) < 4.78 is 28.0. The molecule has 0 N–H and O–H groups in total. The molecule has 2 aliphatic rings. The van der Waals surface area contributed by atoms with Crippen LogP contribution in [0.1, 0.15) is 42.9 Å². The molecule has 0 spiro atoms. The molecule has 2 saturated heterocycles. The summed E-state index contributed by atoms with van der Waals surface area (Å²) >= 11 is 1.72. The van der Waals surface area contributed by atoms with Crippen molar-refractivity contribution in [2.24, 2.45) is 0 Å². The second kappa shape index (κ2) is 9.96. The molecule has 0 bridgehead atoms. The van der Waals surface area contributed by atoms with Gasteiger partial charge in [-0.3, -0.25) is 4.90 Å². The molecular formula is C22H28F2N4S. The van der Waals surface area contributed by atoms with Gasteiger partial charge in [-0.05, 0) is 63.5 Å². The minimum atomic E-state index is -0.467. The number of benzene rings is 1. The lowest BCUT2D eigenvalue weighted by molar-refractivity contribution is 0.193. The number of piperidine rings is 1. The Hall–Kier alpha value is -1.57. The zero-order valence-corrected chi connectivity index (χ0v) is 17.5. The summed E-state index contributed by atoms with van der Waals surface area (Å²) in [5, 5.41) is 0.832. The first kappa shape index (κ1) is 20.7. The van der Waals surface area contributed by atoms with Crippen LogP contribution in [-0.4, -0.2) is 58.2 Å². The maximum Gasteiger partial charge on any atom is 0.187 e. The lowest BCUT2D eigenvalue weighted by Crippen LogP contribution is -2.34. The lowest BCUT2D eigenvalue weighted by Gasteiger charge is -2.32. The Kier molecular flexibility index (Phi) is 7.11. The number of likely N-dealkylation sites (tertiary alicyclic amines) is 2. The molecule has 1 aromatic heterocycles. The number of thioether (sulfide) groups is 1. The van der Waals surface area contributed by atoms with E-state index in [-0.39, 0.29) is 11.5 Å². The minimum Gasteiger partial charge on any atom is -0.303 e. The van der Waals surface area contributed by atoms with Crippen molar-refractivity contribution < 1.29 is 8.78 Å². The molecule has 2 aliphatic heterocycles. The van der Waals surface area contributed by atoms with Gasteiger partial charge in [-0.15, -0.1) is 0 Å². The highest BCUT2D eigenvalue weighted by atomic mass is 32.2. The van der Waals surface area contributed by atoms with Crippen LogP contribution in [0.3, 0.4) is 0 Å². The Morgan fingerprint density at radius 1 is 1.00 bits per heavy atom. The van der Waals surface area contributed by atoms with Crippen molar-refractivity contribution in [1.29, 1.82) is 0 Å². The summed E-state index contributed by atoms with van der Waals surface area (Å²) in [6.45, 7) is 5.43. The fraction of sp³-hybridized carbons (Fsp3) is 0.545. The smallest absolute Gasteiger partial charge is 0.187 e. The molecule has 0 saturated carbocycles. The molecule has 3 heterocycles. The Morgan fingerprint density at radius 3 is 2.55 bits per heavy atom. The van der Waals surface area contributed by atoms with Crippen molar-refractivity contribution in [1.82, 2.24) is 19.8 Å². The SMILES string of the molecule is Fc1cccc(F)c1CN1CCC[C@H](c2ccnc(SCCN3CCCC3)n2)C1. The Labute approximate surface area is 175 Å². The molecule has 0 amide bonds. The molecule has 4 nitrogen and oxygen atoms in total. The van der Waals surface area contributed by atoms with Gasteiger partial charge in [-0.2, -0.15) is 0 Å². The molecule has 2 aromatic rings. The maximum atomic E-state index is 14.0. The second-order valence-electron chi connectivity index (χ2n) is 7.94. The first-order chi connectivity index (χ1) is 14.2. The second-order valence-corrected chi connectivity index (χ2v) is 9.00. The maximum absolute atomic E-state index is 14.0. The predicted molar refractivity (Wildman–Crippen MR) is 112 cm³/mol. The van der Waals surface area contributed by atoms with E-state index in [2.05, 4.69) is 14.8 Å². The molecule has 156 valence electrons. The van der Waals surface area contributed by atoms with Crippen molar-refractivity contribution in [3.63, 3.8) is 0 Å².